The number of amides is 1. The van der Waals surface area contributed by atoms with Gasteiger partial charge in [-0.3, -0.25) is 9.69 Å². The summed E-state index contributed by atoms with van der Waals surface area (Å²) in [6.45, 7) is 3.70. The van der Waals surface area contributed by atoms with E-state index < -0.39 is 0 Å². The Labute approximate surface area is 162 Å². The van der Waals surface area contributed by atoms with Crippen molar-refractivity contribution in [1.29, 1.82) is 0 Å². The number of likely N-dealkylation sites (tertiary alicyclic amines) is 1. The molecule has 0 aliphatic carbocycles. The molecular formula is C19H24ClN3O2S. The summed E-state index contributed by atoms with van der Waals surface area (Å²) in [5, 5.41) is 4.37. The van der Waals surface area contributed by atoms with Gasteiger partial charge in [-0.2, -0.15) is 0 Å². The molecule has 5 nitrogen and oxygen atoms in total. The van der Waals surface area contributed by atoms with Gasteiger partial charge in [0.05, 0.1) is 16.3 Å². The molecule has 2 aliphatic rings. The van der Waals surface area contributed by atoms with E-state index in [0.717, 1.165) is 62.2 Å². The number of hydrogen-bond donors (Lipinski definition) is 1. The van der Waals surface area contributed by atoms with Gasteiger partial charge >= 0.3 is 0 Å². The number of piperidine rings is 1. The SMILES string of the molecule is O=C(Nc1nc2cc(Cl)ccc2s1)[C@@H]1CCCCN1CC1CCOCC1. The number of halogens is 1. The predicted octanol–water partition coefficient (Wildman–Crippen LogP) is 4.17. The van der Waals surface area contributed by atoms with Crippen molar-refractivity contribution in [2.45, 2.75) is 38.1 Å². The summed E-state index contributed by atoms with van der Waals surface area (Å²) in [6, 6.07) is 5.58. The van der Waals surface area contributed by atoms with Crippen molar-refractivity contribution in [3.8, 4) is 0 Å². The van der Waals surface area contributed by atoms with Crippen molar-refractivity contribution in [3.05, 3.63) is 23.2 Å². The highest BCUT2D eigenvalue weighted by atomic mass is 35.5. The maximum atomic E-state index is 12.9. The molecule has 1 atom stereocenters. The summed E-state index contributed by atoms with van der Waals surface area (Å²) in [5.74, 6) is 0.712. The van der Waals surface area contributed by atoms with E-state index in [1.165, 1.54) is 17.8 Å². The molecule has 4 rings (SSSR count). The molecule has 140 valence electrons. The van der Waals surface area contributed by atoms with Crippen LogP contribution in [0.4, 0.5) is 5.13 Å². The molecule has 26 heavy (non-hydrogen) atoms. The van der Waals surface area contributed by atoms with E-state index in [0.29, 0.717) is 16.1 Å². The van der Waals surface area contributed by atoms with Gasteiger partial charge in [0, 0.05) is 24.8 Å². The van der Waals surface area contributed by atoms with Crippen LogP contribution in [0.1, 0.15) is 32.1 Å². The van der Waals surface area contributed by atoms with E-state index in [2.05, 4.69) is 15.2 Å². The summed E-state index contributed by atoms with van der Waals surface area (Å²) >= 11 is 7.53. The Morgan fingerprint density at radius 3 is 3.00 bits per heavy atom. The number of aromatic nitrogens is 1. The van der Waals surface area contributed by atoms with Crippen LogP contribution in [0.2, 0.25) is 5.02 Å². The number of nitrogens with one attached hydrogen (secondary N) is 1. The Hall–Kier alpha value is -1.21. The molecule has 2 aromatic rings. The third kappa shape index (κ3) is 4.19. The molecule has 1 N–H and O–H groups in total. The second kappa shape index (κ2) is 8.21. The number of rotatable bonds is 4. The number of anilines is 1. The Kier molecular flexibility index (Phi) is 5.74. The van der Waals surface area contributed by atoms with Crippen molar-refractivity contribution >= 4 is 44.2 Å². The zero-order chi connectivity index (χ0) is 17.9. The van der Waals surface area contributed by atoms with Crippen molar-refractivity contribution < 1.29 is 9.53 Å². The number of carbonyl (C=O) groups is 1. The average molecular weight is 394 g/mol. The van der Waals surface area contributed by atoms with Gasteiger partial charge in [-0.05, 0) is 56.3 Å². The van der Waals surface area contributed by atoms with E-state index in [-0.39, 0.29) is 11.9 Å². The van der Waals surface area contributed by atoms with Gasteiger partial charge in [0.2, 0.25) is 5.91 Å². The summed E-state index contributed by atoms with van der Waals surface area (Å²) in [7, 11) is 0. The largest absolute Gasteiger partial charge is 0.381 e. The molecule has 0 spiro atoms. The molecule has 0 unspecified atom stereocenters. The molecule has 2 fully saturated rings. The van der Waals surface area contributed by atoms with E-state index in [4.69, 9.17) is 16.3 Å². The van der Waals surface area contributed by atoms with Crippen LogP contribution < -0.4 is 5.32 Å². The van der Waals surface area contributed by atoms with E-state index in [1.807, 2.05) is 18.2 Å². The van der Waals surface area contributed by atoms with Gasteiger partial charge in [-0.25, -0.2) is 4.98 Å². The number of thiazole rings is 1. The molecule has 1 aromatic heterocycles. The number of carbonyl (C=O) groups excluding carboxylic acids is 1. The molecule has 0 radical (unpaired) electrons. The number of benzene rings is 1. The Morgan fingerprint density at radius 1 is 1.31 bits per heavy atom. The van der Waals surface area contributed by atoms with Gasteiger partial charge in [0.25, 0.3) is 0 Å². The maximum absolute atomic E-state index is 12.9. The third-order valence-corrected chi connectivity index (χ3v) is 6.52. The van der Waals surface area contributed by atoms with Crippen LogP contribution in [0.25, 0.3) is 10.2 Å². The first-order chi connectivity index (χ1) is 12.7. The van der Waals surface area contributed by atoms with E-state index in [9.17, 15) is 4.79 Å². The van der Waals surface area contributed by atoms with Crippen LogP contribution in [0.15, 0.2) is 18.2 Å². The van der Waals surface area contributed by atoms with Gasteiger partial charge in [-0.1, -0.05) is 29.4 Å². The van der Waals surface area contributed by atoms with Crippen LogP contribution in [-0.2, 0) is 9.53 Å². The molecule has 0 saturated carbocycles. The van der Waals surface area contributed by atoms with Crippen molar-refractivity contribution in [1.82, 2.24) is 9.88 Å². The van der Waals surface area contributed by atoms with Crippen LogP contribution in [0.3, 0.4) is 0 Å². The van der Waals surface area contributed by atoms with Gasteiger partial charge in [-0.15, -0.1) is 0 Å². The number of nitrogens with zero attached hydrogens (tertiary/aromatic N) is 2. The highest BCUT2D eigenvalue weighted by Crippen LogP contribution is 2.29. The average Bonchev–Trinajstić information content (AvgIpc) is 3.04. The minimum atomic E-state index is -0.0535. The second-order valence-electron chi connectivity index (χ2n) is 7.18. The molecule has 1 aromatic carbocycles. The van der Waals surface area contributed by atoms with Gasteiger partial charge in [0.1, 0.15) is 0 Å². The topological polar surface area (TPSA) is 54.5 Å². The fourth-order valence-corrected chi connectivity index (χ4v) is 4.93. The van der Waals surface area contributed by atoms with Gasteiger partial charge < -0.3 is 10.1 Å². The zero-order valence-electron chi connectivity index (χ0n) is 14.7. The lowest BCUT2D eigenvalue weighted by Crippen LogP contribution is -2.49. The highest BCUT2D eigenvalue weighted by Gasteiger charge is 2.31. The lowest BCUT2D eigenvalue weighted by molar-refractivity contribution is -0.122. The van der Waals surface area contributed by atoms with Crippen LogP contribution in [-0.4, -0.2) is 48.1 Å². The fourth-order valence-electron chi connectivity index (χ4n) is 3.91. The van der Waals surface area contributed by atoms with E-state index in [1.54, 1.807) is 0 Å². The fraction of sp³-hybridized carbons (Fsp3) is 0.579. The Balaban J connectivity index is 1.43. The first-order valence-corrected chi connectivity index (χ1v) is 10.6. The second-order valence-corrected chi connectivity index (χ2v) is 8.65. The minimum absolute atomic E-state index is 0.0535. The highest BCUT2D eigenvalue weighted by molar-refractivity contribution is 7.22. The summed E-state index contributed by atoms with van der Waals surface area (Å²) in [4.78, 5) is 19.8. The quantitative estimate of drug-likeness (QED) is 0.846. The molecular weight excluding hydrogens is 370 g/mol. The molecule has 0 bridgehead atoms. The maximum Gasteiger partial charge on any atom is 0.243 e. The van der Waals surface area contributed by atoms with Crippen LogP contribution in [0, 0.1) is 5.92 Å². The predicted molar refractivity (Wildman–Crippen MR) is 106 cm³/mol. The summed E-state index contributed by atoms with van der Waals surface area (Å²) in [6.07, 6.45) is 5.41. The molecule has 7 heteroatoms. The number of fused-ring (bicyclic) bond motifs is 1. The first kappa shape index (κ1) is 18.2. The summed E-state index contributed by atoms with van der Waals surface area (Å²) < 4.78 is 6.50. The Bertz CT molecular complexity index is 775. The standard InChI is InChI=1S/C19H24ClN3O2S/c20-14-4-5-17-15(11-14)21-19(26-17)22-18(24)16-3-1-2-8-23(16)12-13-6-9-25-10-7-13/h4-5,11,13,16H,1-3,6-10,12H2,(H,21,22,24)/t16-/m0/s1. The van der Waals surface area contributed by atoms with Crippen molar-refractivity contribution in [3.63, 3.8) is 0 Å². The normalized spacial score (nSPS) is 22.6. The smallest absolute Gasteiger partial charge is 0.243 e. The minimum Gasteiger partial charge on any atom is -0.381 e. The zero-order valence-corrected chi connectivity index (χ0v) is 16.3. The molecule has 2 aliphatic heterocycles. The molecule has 3 heterocycles. The number of ether oxygens (including phenoxy) is 1. The van der Waals surface area contributed by atoms with Gasteiger partial charge in [0.15, 0.2) is 5.13 Å². The van der Waals surface area contributed by atoms with Crippen molar-refractivity contribution in [2.75, 3.05) is 31.6 Å². The number of hydrogen-bond acceptors (Lipinski definition) is 5. The lowest BCUT2D eigenvalue weighted by atomic mass is 9.95. The van der Waals surface area contributed by atoms with E-state index >= 15 is 0 Å². The van der Waals surface area contributed by atoms with Crippen molar-refractivity contribution in [2.24, 2.45) is 5.92 Å². The Morgan fingerprint density at radius 2 is 2.15 bits per heavy atom. The lowest BCUT2D eigenvalue weighted by Gasteiger charge is -2.37. The third-order valence-electron chi connectivity index (χ3n) is 5.33. The first-order valence-electron chi connectivity index (χ1n) is 9.38. The summed E-state index contributed by atoms with van der Waals surface area (Å²) in [5.41, 5.74) is 0.834. The molecule has 2 saturated heterocycles. The van der Waals surface area contributed by atoms with Crippen LogP contribution in [0.5, 0.6) is 0 Å². The molecule has 1 amide bonds. The van der Waals surface area contributed by atoms with Crippen LogP contribution >= 0.6 is 22.9 Å². The monoisotopic (exact) mass is 393 g/mol.